The number of amides is 1. The van der Waals surface area contributed by atoms with Crippen LogP contribution in [-0.4, -0.2) is 29.9 Å². The largest absolute Gasteiger partial charge is 0.341 e. The predicted molar refractivity (Wildman–Crippen MR) is 87.8 cm³/mol. The number of carbonyl (C=O) groups is 1. The van der Waals surface area contributed by atoms with Gasteiger partial charge in [0.2, 0.25) is 5.91 Å². The van der Waals surface area contributed by atoms with Gasteiger partial charge in [0.05, 0.1) is 0 Å². The summed E-state index contributed by atoms with van der Waals surface area (Å²) >= 11 is 0. The SMILES string of the molecule is CC(C)c1ccc(C2CC2C(=O)N2CC[C@@H](N)C2)cc1.Cl. The van der Waals surface area contributed by atoms with E-state index >= 15 is 0 Å². The molecule has 0 radical (unpaired) electrons. The number of halogens is 1. The number of benzene rings is 1. The molecule has 1 aromatic rings. The van der Waals surface area contributed by atoms with E-state index in [1.165, 1.54) is 11.1 Å². The van der Waals surface area contributed by atoms with Crippen LogP contribution in [0.15, 0.2) is 24.3 Å². The molecule has 0 aromatic heterocycles. The van der Waals surface area contributed by atoms with Crippen LogP contribution in [0.5, 0.6) is 0 Å². The number of carbonyl (C=O) groups excluding carboxylic acids is 1. The maximum absolute atomic E-state index is 12.4. The average molecular weight is 309 g/mol. The first-order valence-electron chi connectivity index (χ1n) is 7.70. The van der Waals surface area contributed by atoms with E-state index in [2.05, 4.69) is 38.1 Å². The number of hydrogen-bond donors (Lipinski definition) is 1. The van der Waals surface area contributed by atoms with Gasteiger partial charge in [-0.1, -0.05) is 38.1 Å². The van der Waals surface area contributed by atoms with Crippen molar-refractivity contribution in [3.8, 4) is 0 Å². The summed E-state index contributed by atoms with van der Waals surface area (Å²) < 4.78 is 0. The standard InChI is InChI=1S/C17H24N2O.ClH/c1-11(2)12-3-5-13(6-4-12)15-9-16(15)17(20)19-8-7-14(18)10-19;/h3-6,11,14-16H,7-10,18H2,1-2H3;1H/t14-,15?,16?;/m1./s1. The minimum absolute atomic E-state index is 0. The molecular formula is C17H25ClN2O. The van der Waals surface area contributed by atoms with Gasteiger partial charge in [0.15, 0.2) is 0 Å². The van der Waals surface area contributed by atoms with Gasteiger partial charge in [-0.3, -0.25) is 4.79 Å². The molecule has 1 saturated carbocycles. The molecule has 2 fully saturated rings. The van der Waals surface area contributed by atoms with E-state index in [0.29, 0.717) is 17.7 Å². The van der Waals surface area contributed by atoms with Gasteiger partial charge in [0, 0.05) is 25.0 Å². The summed E-state index contributed by atoms with van der Waals surface area (Å²) in [7, 11) is 0. The fraction of sp³-hybridized carbons (Fsp3) is 0.588. The quantitative estimate of drug-likeness (QED) is 0.933. The van der Waals surface area contributed by atoms with Gasteiger partial charge >= 0.3 is 0 Å². The number of hydrogen-bond acceptors (Lipinski definition) is 2. The first-order chi connectivity index (χ1) is 9.56. The molecule has 3 rings (SSSR count). The third-order valence-electron chi connectivity index (χ3n) is 4.68. The number of likely N-dealkylation sites (tertiary alicyclic amines) is 1. The monoisotopic (exact) mass is 308 g/mol. The van der Waals surface area contributed by atoms with Gasteiger partial charge < -0.3 is 10.6 Å². The number of rotatable bonds is 3. The molecule has 0 spiro atoms. The normalized spacial score (nSPS) is 27.6. The zero-order chi connectivity index (χ0) is 14.3. The minimum atomic E-state index is 0. The Hall–Kier alpha value is -1.06. The lowest BCUT2D eigenvalue weighted by Gasteiger charge is -2.15. The van der Waals surface area contributed by atoms with Gasteiger partial charge in [-0.25, -0.2) is 0 Å². The minimum Gasteiger partial charge on any atom is -0.341 e. The highest BCUT2D eigenvalue weighted by atomic mass is 35.5. The van der Waals surface area contributed by atoms with Crippen LogP contribution in [0.1, 0.15) is 49.7 Å². The van der Waals surface area contributed by atoms with Crippen molar-refractivity contribution in [1.29, 1.82) is 0 Å². The van der Waals surface area contributed by atoms with Gasteiger partial charge in [-0.05, 0) is 35.8 Å². The van der Waals surface area contributed by atoms with Crippen molar-refractivity contribution in [1.82, 2.24) is 4.90 Å². The highest BCUT2D eigenvalue weighted by Crippen LogP contribution is 2.48. The van der Waals surface area contributed by atoms with E-state index in [1.54, 1.807) is 0 Å². The third kappa shape index (κ3) is 3.41. The summed E-state index contributed by atoms with van der Waals surface area (Å²) in [6, 6.07) is 8.98. The van der Waals surface area contributed by atoms with Gasteiger partial charge in [-0.15, -0.1) is 12.4 Å². The third-order valence-corrected chi connectivity index (χ3v) is 4.68. The molecule has 3 nitrogen and oxygen atoms in total. The lowest BCUT2D eigenvalue weighted by molar-refractivity contribution is -0.131. The molecule has 0 bridgehead atoms. The zero-order valence-electron chi connectivity index (χ0n) is 12.8. The Bertz CT molecular complexity index is 500. The average Bonchev–Trinajstić information content (AvgIpc) is 3.13. The first-order valence-corrected chi connectivity index (χ1v) is 7.70. The number of nitrogens with zero attached hydrogens (tertiary/aromatic N) is 1. The van der Waals surface area contributed by atoms with Crippen LogP contribution in [0.3, 0.4) is 0 Å². The molecule has 2 N–H and O–H groups in total. The van der Waals surface area contributed by atoms with Gasteiger partial charge in [0.25, 0.3) is 0 Å². The van der Waals surface area contributed by atoms with Gasteiger partial charge in [-0.2, -0.15) is 0 Å². The molecular weight excluding hydrogens is 284 g/mol. The lowest BCUT2D eigenvalue weighted by Crippen LogP contribution is -2.33. The smallest absolute Gasteiger partial charge is 0.226 e. The summed E-state index contributed by atoms with van der Waals surface area (Å²) in [5.74, 6) is 1.51. The van der Waals surface area contributed by atoms with Crippen molar-refractivity contribution < 1.29 is 4.79 Å². The maximum Gasteiger partial charge on any atom is 0.226 e. The second-order valence-corrected chi connectivity index (χ2v) is 6.60. The van der Waals surface area contributed by atoms with Crippen LogP contribution < -0.4 is 5.73 Å². The number of nitrogens with two attached hydrogens (primary N) is 1. The van der Waals surface area contributed by atoms with Gasteiger partial charge in [0.1, 0.15) is 0 Å². The summed E-state index contributed by atoms with van der Waals surface area (Å²) in [5, 5.41) is 0. The van der Waals surface area contributed by atoms with Crippen LogP contribution >= 0.6 is 12.4 Å². The molecule has 116 valence electrons. The molecule has 1 heterocycles. The predicted octanol–water partition coefficient (Wildman–Crippen LogP) is 2.89. The van der Waals surface area contributed by atoms with E-state index in [1.807, 2.05) is 4.90 Å². The van der Waals surface area contributed by atoms with E-state index in [-0.39, 0.29) is 24.4 Å². The van der Waals surface area contributed by atoms with Crippen LogP contribution in [0.4, 0.5) is 0 Å². The van der Waals surface area contributed by atoms with Crippen molar-refractivity contribution in [2.24, 2.45) is 11.7 Å². The Morgan fingerprint density at radius 1 is 1.29 bits per heavy atom. The van der Waals surface area contributed by atoms with Crippen molar-refractivity contribution in [2.45, 2.75) is 44.6 Å². The Kier molecular flexibility index (Phi) is 4.95. The topological polar surface area (TPSA) is 46.3 Å². The Balaban J connectivity index is 0.00000161. The fourth-order valence-corrected chi connectivity index (χ4v) is 3.19. The molecule has 1 aromatic carbocycles. The van der Waals surface area contributed by atoms with Crippen LogP contribution in [-0.2, 0) is 4.79 Å². The summed E-state index contributed by atoms with van der Waals surface area (Å²) in [6.45, 7) is 5.99. The highest BCUT2D eigenvalue weighted by Gasteiger charge is 2.46. The second-order valence-electron chi connectivity index (χ2n) is 6.60. The molecule has 21 heavy (non-hydrogen) atoms. The van der Waals surface area contributed by atoms with E-state index in [9.17, 15) is 4.79 Å². The first kappa shape index (κ1) is 16.3. The Labute approximate surface area is 133 Å². The van der Waals surface area contributed by atoms with Crippen molar-refractivity contribution in [3.63, 3.8) is 0 Å². The van der Waals surface area contributed by atoms with Crippen molar-refractivity contribution in [2.75, 3.05) is 13.1 Å². The molecule has 1 aliphatic heterocycles. The molecule has 4 heteroatoms. The summed E-state index contributed by atoms with van der Waals surface area (Å²) in [5.41, 5.74) is 8.56. The van der Waals surface area contributed by atoms with E-state index in [0.717, 1.165) is 25.9 Å². The van der Waals surface area contributed by atoms with Crippen LogP contribution in [0.25, 0.3) is 0 Å². The molecule has 1 amide bonds. The van der Waals surface area contributed by atoms with E-state index < -0.39 is 0 Å². The Morgan fingerprint density at radius 3 is 2.48 bits per heavy atom. The molecule has 2 unspecified atom stereocenters. The fourth-order valence-electron chi connectivity index (χ4n) is 3.19. The molecule has 2 aliphatic rings. The Morgan fingerprint density at radius 2 is 1.95 bits per heavy atom. The molecule has 1 saturated heterocycles. The van der Waals surface area contributed by atoms with Crippen molar-refractivity contribution >= 4 is 18.3 Å². The summed E-state index contributed by atoms with van der Waals surface area (Å²) in [4.78, 5) is 14.3. The van der Waals surface area contributed by atoms with Crippen molar-refractivity contribution in [3.05, 3.63) is 35.4 Å². The highest BCUT2D eigenvalue weighted by molar-refractivity contribution is 5.85. The molecule has 3 atom stereocenters. The van der Waals surface area contributed by atoms with E-state index in [4.69, 9.17) is 5.73 Å². The van der Waals surface area contributed by atoms with Crippen LogP contribution in [0.2, 0.25) is 0 Å². The zero-order valence-corrected chi connectivity index (χ0v) is 13.6. The lowest BCUT2D eigenvalue weighted by atomic mass is 10.00. The van der Waals surface area contributed by atoms with Crippen LogP contribution in [0, 0.1) is 5.92 Å². The second kappa shape index (κ2) is 6.37. The maximum atomic E-state index is 12.4. The molecule has 1 aliphatic carbocycles. The summed E-state index contributed by atoms with van der Waals surface area (Å²) in [6.07, 6.45) is 1.96.